The normalized spacial score (nSPS) is 8.88. The summed E-state index contributed by atoms with van der Waals surface area (Å²) in [7, 11) is 0. The molecule has 0 radical (unpaired) electrons. The Balaban J connectivity index is 0.000000509. The van der Waals surface area contributed by atoms with Crippen molar-refractivity contribution in [3.05, 3.63) is 17.7 Å². The largest absolute Gasteiger partial charge is 0.321 e. The third-order valence-electron chi connectivity index (χ3n) is 1.76. The molecule has 2 N–H and O–H groups in total. The van der Waals surface area contributed by atoms with Crippen LogP contribution in [-0.4, -0.2) is 19.9 Å². The number of nitrogen functional groups attached to an aromatic ring is 1. The molecule has 2 aromatic rings. The minimum atomic E-state index is 0.681. The lowest BCUT2D eigenvalue weighted by atomic mass is 10.3. The maximum absolute atomic E-state index is 5.53. The molecule has 2 rings (SSSR count). The maximum atomic E-state index is 5.53. The SMILES string of the molecule is CC.CC.Cc1nc(C)c2cnn(N)c2n1. The van der Waals surface area contributed by atoms with Gasteiger partial charge in [-0.25, -0.2) is 9.97 Å². The molecule has 90 valence electrons. The third kappa shape index (κ3) is 2.92. The highest BCUT2D eigenvalue weighted by molar-refractivity contribution is 5.76. The lowest BCUT2D eigenvalue weighted by molar-refractivity contribution is 0.844. The average Bonchev–Trinajstić information content (AvgIpc) is 2.67. The van der Waals surface area contributed by atoms with Gasteiger partial charge in [0.1, 0.15) is 5.82 Å². The molecule has 0 saturated heterocycles. The molecule has 2 heterocycles. The van der Waals surface area contributed by atoms with Crippen LogP contribution in [-0.2, 0) is 0 Å². The van der Waals surface area contributed by atoms with Crippen molar-refractivity contribution in [3.8, 4) is 0 Å². The number of nitrogens with zero attached hydrogens (tertiary/aromatic N) is 4. The monoisotopic (exact) mass is 223 g/mol. The average molecular weight is 223 g/mol. The number of nitrogens with two attached hydrogens (primary N) is 1. The molecule has 0 saturated carbocycles. The first-order valence-corrected chi connectivity index (χ1v) is 5.62. The fourth-order valence-corrected chi connectivity index (χ4v) is 1.20. The zero-order valence-corrected chi connectivity index (χ0v) is 10.9. The highest BCUT2D eigenvalue weighted by Gasteiger charge is 2.05. The van der Waals surface area contributed by atoms with E-state index >= 15 is 0 Å². The standard InChI is InChI=1S/C7H9N5.2C2H6/c1-4-6-3-9-12(8)7(6)11-5(2)10-4;2*1-2/h3H,8H2,1-2H3;2*1-2H3. The summed E-state index contributed by atoms with van der Waals surface area (Å²) in [6.45, 7) is 11.7. The van der Waals surface area contributed by atoms with E-state index in [4.69, 9.17) is 5.84 Å². The molecule has 16 heavy (non-hydrogen) atoms. The lowest BCUT2D eigenvalue weighted by Gasteiger charge is -1.97. The molecule has 0 atom stereocenters. The molecular weight excluding hydrogens is 202 g/mol. The summed E-state index contributed by atoms with van der Waals surface area (Å²) in [5.41, 5.74) is 1.59. The van der Waals surface area contributed by atoms with Crippen LogP contribution in [0.1, 0.15) is 39.2 Å². The van der Waals surface area contributed by atoms with Crippen LogP contribution in [0.4, 0.5) is 0 Å². The van der Waals surface area contributed by atoms with Crippen molar-refractivity contribution in [2.24, 2.45) is 0 Å². The Kier molecular flexibility index (Phi) is 6.07. The van der Waals surface area contributed by atoms with Gasteiger partial charge in [0.05, 0.1) is 17.3 Å². The first-order valence-electron chi connectivity index (χ1n) is 5.62. The fourth-order valence-electron chi connectivity index (χ4n) is 1.20. The van der Waals surface area contributed by atoms with E-state index < -0.39 is 0 Å². The second-order valence-electron chi connectivity index (χ2n) is 2.68. The third-order valence-corrected chi connectivity index (χ3v) is 1.76. The van der Waals surface area contributed by atoms with Gasteiger partial charge in [0.25, 0.3) is 0 Å². The first kappa shape index (κ1) is 14.3. The molecule has 0 aliphatic rings. The van der Waals surface area contributed by atoms with Crippen molar-refractivity contribution in [2.75, 3.05) is 5.84 Å². The van der Waals surface area contributed by atoms with Crippen molar-refractivity contribution in [3.63, 3.8) is 0 Å². The van der Waals surface area contributed by atoms with Crippen molar-refractivity contribution in [1.82, 2.24) is 19.9 Å². The summed E-state index contributed by atoms with van der Waals surface area (Å²) in [5, 5.41) is 4.80. The van der Waals surface area contributed by atoms with Crippen LogP contribution in [0.15, 0.2) is 6.20 Å². The Morgan fingerprint density at radius 3 is 2.19 bits per heavy atom. The van der Waals surface area contributed by atoms with E-state index in [1.165, 1.54) is 4.79 Å². The molecule has 0 fully saturated rings. The maximum Gasteiger partial charge on any atom is 0.183 e. The molecule has 2 aromatic heterocycles. The second kappa shape index (κ2) is 6.76. The van der Waals surface area contributed by atoms with Gasteiger partial charge in [-0.3, -0.25) is 0 Å². The van der Waals surface area contributed by atoms with Crippen molar-refractivity contribution < 1.29 is 0 Å². The molecule has 0 amide bonds. The van der Waals surface area contributed by atoms with Gasteiger partial charge in [-0.05, 0) is 13.8 Å². The number of hydrogen-bond acceptors (Lipinski definition) is 4. The second-order valence-corrected chi connectivity index (χ2v) is 2.68. The van der Waals surface area contributed by atoms with Crippen LogP contribution >= 0.6 is 0 Å². The van der Waals surface area contributed by atoms with Gasteiger partial charge in [-0.2, -0.15) is 9.89 Å². The van der Waals surface area contributed by atoms with Gasteiger partial charge in [0.15, 0.2) is 5.65 Å². The predicted octanol–water partition coefficient (Wildman–Crippen LogP) is 2.21. The van der Waals surface area contributed by atoms with E-state index in [0.717, 1.165) is 11.1 Å². The highest BCUT2D eigenvalue weighted by Crippen LogP contribution is 2.11. The van der Waals surface area contributed by atoms with E-state index in [0.29, 0.717) is 11.5 Å². The van der Waals surface area contributed by atoms with Gasteiger partial charge >= 0.3 is 0 Å². The number of aromatic nitrogens is 4. The van der Waals surface area contributed by atoms with Gasteiger partial charge in [-0.1, -0.05) is 27.7 Å². The van der Waals surface area contributed by atoms with E-state index in [9.17, 15) is 0 Å². The Morgan fingerprint density at radius 1 is 1.06 bits per heavy atom. The minimum absolute atomic E-state index is 0.681. The van der Waals surface area contributed by atoms with Crippen molar-refractivity contribution in [2.45, 2.75) is 41.5 Å². The van der Waals surface area contributed by atoms with Gasteiger partial charge in [-0.15, -0.1) is 0 Å². The summed E-state index contributed by atoms with van der Waals surface area (Å²) in [4.78, 5) is 9.62. The molecule has 0 aromatic carbocycles. The fraction of sp³-hybridized carbons (Fsp3) is 0.545. The van der Waals surface area contributed by atoms with Crippen LogP contribution in [0.5, 0.6) is 0 Å². The summed E-state index contributed by atoms with van der Waals surface area (Å²) < 4.78 is 0. The Morgan fingerprint density at radius 2 is 1.62 bits per heavy atom. The first-order chi connectivity index (χ1) is 7.68. The van der Waals surface area contributed by atoms with E-state index in [-0.39, 0.29) is 0 Å². The number of rotatable bonds is 0. The van der Waals surface area contributed by atoms with Crippen LogP contribution in [0, 0.1) is 13.8 Å². The number of hydrogen-bond donors (Lipinski definition) is 1. The lowest BCUT2D eigenvalue weighted by Crippen LogP contribution is -2.10. The van der Waals surface area contributed by atoms with Crippen molar-refractivity contribution >= 4 is 11.0 Å². The molecule has 0 aliphatic carbocycles. The molecule has 5 nitrogen and oxygen atoms in total. The van der Waals surface area contributed by atoms with Crippen LogP contribution in [0.2, 0.25) is 0 Å². The van der Waals surface area contributed by atoms with Crippen LogP contribution in [0.25, 0.3) is 11.0 Å². The number of fused-ring (bicyclic) bond motifs is 1. The summed E-state index contributed by atoms with van der Waals surface area (Å²) in [5.74, 6) is 6.24. The molecule has 0 aliphatic heterocycles. The van der Waals surface area contributed by atoms with E-state index in [2.05, 4.69) is 15.1 Å². The molecule has 0 unspecified atom stereocenters. The molecule has 0 spiro atoms. The van der Waals surface area contributed by atoms with Gasteiger partial charge in [0, 0.05) is 0 Å². The van der Waals surface area contributed by atoms with Gasteiger partial charge in [0.2, 0.25) is 0 Å². The van der Waals surface area contributed by atoms with Gasteiger partial charge < -0.3 is 5.84 Å². The van der Waals surface area contributed by atoms with Crippen LogP contribution < -0.4 is 5.84 Å². The quantitative estimate of drug-likeness (QED) is 0.695. The van der Waals surface area contributed by atoms with E-state index in [1.54, 1.807) is 6.20 Å². The zero-order chi connectivity index (χ0) is 12.7. The number of aryl methyl sites for hydroxylation is 2. The Labute approximate surface area is 96.7 Å². The Bertz CT molecular complexity index is 433. The molecule has 5 heteroatoms. The smallest absolute Gasteiger partial charge is 0.183 e. The minimum Gasteiger partial charge on any atom is -0.321 e. The summed E-state index contributed by atoms with van der Waals surface area (Å²) in [6, 6.07) is 0. The summed E-state index contributed by atoms with van der Waals surface area (Å²) in [6.07, 6.45) is 1.67. The predicted molar refractivity (Wildman–Crippen MR) is 67.6 cm³/mol. The highest BCUT2D eigenvalue weighted by atomic mass is 15.5. The van der Waals surface area contributed by atoms with Crippen LogP contribution in [0.3, 0.4) is 0 Å². The molecule has 0 bridgehead atoms. The molecular formula is C11H21N5. The summed E-state index contributed by atoms with van der Waals surface area (Å²) >= 11 is 0. The topological polar surface area (TPSA) is 69.6 Å². The zero-order valence-electron chi connectivity index (χ0n) is 10.9. The Hall–Kier alpha value is -1.65. The van der Waals surface area contributed by atoms with E-state index in [1.807, 2.05) is 41.5 Å². The van der Waals surface area contributed by atoms with Crippen molar-refractivity contribution in [1.29, 1.82) is 0 Å².